The predicted molar refractivity (Wildman–Crippen MR) is 114 cm³/mol. The monoisotopic (exact) mass is 396 g/mol. The van der Waals surface area contributed by atoms with Crippen molar-refractivity contribution in [3.8, 4) is 22.5 Å². The van der Waals surface area contributed by atoms with E-state index in [0.29, 0.717) is 6.04 Å². The van der Waals surface area contributed by atoms with Gasteiger partial charge in [-0.1, -0.05) is 31.0 Å². The zero-order valence-electron chi connectivity index (χ0n) is 16.3. The van der Waals surface area contributed by atoms with Gasteiger partial charge in [0.1, 0.15) is 11.6 Å². The fourth-order valence-electron chi connectivity index (χ4n) is 3.91. The van der Waals surface area contributed by atoms with E-state index in [2.05, 4.69) is 20.9 Å². The molecule has 2 heterocycles. The molecule has 0 radical (unpaired) electrons. The first-order valence-electron chi connectivity index (χ1n) is 9.75. The Bertz CT molecular complexity index is 946. The summed E-state index contributed by atoms with van der Waals surface area (Å²) < 4.78 is 15.5. The smallest absolute Gasteiger partial charge is 0.168 e. The van der Waals surface area contributed by atoms with Crippen molar-refractivity contribution in [3.05, 3.63) is 48.4 Å². The topological polar surface area (TPSA) is 42.7 Å². The van der Waals surface area contributed by atoms with E-state index >= 15 is 0 Å². The fourth-order valence-corrected chi connectivity index (χ4v) is 4.46. The van der Waals surface area contributed by atoms with Crippen molar-refractivity contribution in [2.75, 3.05) is 11.6 Å². The molecule has 0 atom stereocenters. The third-order valence-corrected chi connectivity index (χ3v) is 6.08. The summed E-state index contributed by atoms with van der Waals surface area (Å²) in [6.45, 7) is 0. The highest BCUT2D eigenvalue weighted by molar-refractivity contribution is 7.98. The van der Waals surface area contributed by atoms with Gasteiger partial charge in [-0.25, -0.2) is 14.4 Å². The van der Waals surface area contributed by atoms with Gasteiger partial charge in [0.05, 0.1) is 11.4 Å². The molecule has 0 saturated heterocycles. The van der Waals surface area contributed by atoms with E-state index in [9.17, 15) is 4.39 Å². The summed E-state index contributed by atoms with van der Waals surface area (Å²) in [5.41, 5.74) is 3.85. The molecule has 2 aromatic heterocycles. The maximum Gasteiger partial charge on any atom is 0.168 e. The normalized spacial score (nSPS) is 15.0. The number of aromatic nitrogens is 3. The quantitative estimate of drug-likeness (QED) is 0.557. The van der Waals surface area contributed by atoms with Gasteiger partial charge in [-0.2, -0.15) is 0 Å². The molecule has 1 aromatic carbocycles. The van der Waals surface area contributed by atoms with Gasteiger partial charge < -0.3 is 9.88 Å². The van der Waals surface area contributed by atoms with Gasteiger partial charge in [-0.05, 0) is 55.5 Å². The molecule has 4 nitrogen and oxygen atoms in total. The molecular formula is C22H25FN4S. The van der Waals surface area contributed by atoms with Gasteiger partial charge in [0.2, 0.25) is 0 Å². The Morgan fingerprint density at radius 3 is 2.54 bits per heavy atom. The Labute approximate surface area is 169 Å². The van der Waals surface area contributed by atoms with Crippen LogP contribution in [-0.2, 0) is 7.05 Å². The number of imidazole rings is 1. The van der Waals surface area contributed by atoms with Crippen LogP contribution in [0.3, 0.4) is 0 Å². The summed E-state index contributed by atoms with van der Waals surface area (Å²) in [7, 11) is 2.02. The lowest BCUT2D eigenvalue weighted by Gasteiger charge is -2.23. The molecule has 1 saturated carbocycles. The second-order valence-corrected chi connectivity index (χ2v) is 8.04. The van der Waals surface area contributed by atoms with E-state index in [1.54, 1.807) is 23.9 Å². The number of rotatable bonds is 5. The minimum Gasteiger partial charge on any atom is -0.367 e. The number of benzene rings is 1. The maximum atomic E-state index is 13.4. The summed E-state index contributed by atoms with van der Waals surface area (Å²) in [5, 5.41) is 4.53. The van der Waals surface area contributed by atoms with Crippen LogP contribution in [-0.4, -0.2) is 26.8 Å². The van der Waals surface area contributed by atoms with Crippen molar-refractivity contribution in [1.29, 1.82) is 0 Å². The lowest BCUT2D eigenvalue weighted by atomic mass is 9.95. The molecule has 28 heavy (non-hydrogen) atoms. The lowest BCUT2D eigenvalue weighted by Crippen LogP contribution is -2.22. The molecule has 0 bridgehead atoms. The molecule has 0 amide bonds. The Kier molecular flexibility index (Phi) is 5.67. The van der Waals surface area contributed by atoms with Crippen LogP contribution in [0.2, 0.25) is 0 Å². The average molecular weight is 397 g/mol. The molecule has 1 fully saturated rings. The van der Waals surface area contributed by atoms with Crippen LogP contribution >= 0.6 is 11.8 Å². The summed E-state index contributed by atoms with van der Waals surface area (Å²) in [5.74, 6) is 0.663. The van der Waals surface area contributed by atoms with Gasteiger partial charge >= 0.3 is 0 Å². The number of thioether (sulfide) groups is 1. The minimum absolute atomic E-state index is 0.241. The average Bonchev–Trinajstić information content (AvgIpc) is 3.06. The number of pyridine rings is 1. The molecule has 1 aliphatic rings. The van der Waals surface area contributed by atoms with E-state index in [1.807, 2.05) is 25.6 Å². The number of hydrogen-bond donors (Lipinski definition) is 1. The van der Waals surface area contributed by atoms with Crippen LogP contribution < -0.4 is 5.32 Å². The Hall–Kier alpha value is -2.34. The largest absolute Gasteiger partial charge is 0.367 e. The van der Waals surface area contributed by atoms with Crippen molar-refractivity contribution < 1.29 is 4.39 Å². The van der Waals surface area contributed by atoms with E-state index in [4.69, 9.17) is 4.98 Å². The predicted octanol–water partition coefficient (Wildman–Crippen LogP) is 5.75. The first-order valence-corrected chi connectivity index (χ1v) is 11.0. The Morgan fingerprint density at radius 2 is 1.82 bits per heavy atom. The van der Waals surface area contributed by atoms with Gasteiger partial charge in [0.15, 0.2) is 5.16 Å². The summed E-state index contributed by atoms with van der Waals surface area (Å²) in [6, 6.07) is 11.1. The van der Waals surface area contributed by atoms with Crippen LogP contribution in [0, 0.1) is 5.82 Å². The number of nitrogens with zero attached hydrogens (tertiary/aromatic N) is 3. The molecule has 146 valence electrons. The molecular weight excluding hydrogens is 371 g/mol. The van der Waals surface area contributed by atoms with Crippen LogP contribution in [0.15, 0.2) is 47.8 Å². The SMILES string of the molecule is CSc1nc(-c2ccc(F)cc2)c(-c2ccnc(NC3CCCCC3)c2)n1C. The third kappa shape index (κ3) is 3.92. The minimum atomic E-state index is -0.241. The van der Waals surface area contributed by atoms with Gasteiger partial charge in [0, 0.05) is 30.4 Å². The first-order chi connectivity index (χ1) is 13.7. The zero-order valence-corrected chi connectivity index (χ0v) is 17.1. The van der Waals surface area contributed by atoms with Crippen LogP contribution in [0.1, 0.15) is 32.1 Å². The summed E-state index contributed by atoms with van der Waals surface area (Å²) in [6.07, 6.45) is 10.2. The van der Waals surface area contributed by atoms with Gasteiger partial charge in [-0.15, -0.1) is 0 Å². The van der Waals surface area contributed by atoms with Crippen LogP contribution in [0.4, 0.5) is 10.2 Å². The third-order valence-electron chi connectivity index (χ3n) is 5.34. The summed E-state index contributed by atoms with van der Waals surface area (Å²) in [4.78, 5) is 9.35. The van der Waals surface area contributed by atoms with E-state index in [-0.39, 0.29) is 5.82 Å². The number of nitrogens with one attached hydrogen (secondary N) is 1. The van der Waals surface area contributed by atoms with Crippen molar-refractivity contribution in [3.63, 3.8) is 0 Å². The molecule has 0 spiro atoms. The van der Waals surface area contributed by atoms with Crippen molar-refractivity contribution in [2.24, 2.45) is 7.05 Å². The fraction of sp³-hybridized carbons (Fsp3) is 0.364. The second-order valence-electron chi connectivity index (χ2n) is 7.27. The van der Waals surface area contributed by atoms with Crippen molar-refractivity contribution in [2.45, 2.75) is 43.3 Å². The van der Waals surface area contributed by atoms with Gasteiger partial charge in [0.25, 0.3) is 0 Å². The number of anilines is 1. The molecule has 0 aliphatic heterocycles. The number of halogens is 1. The van der Waals surface area contributed by atoms with Crippen molar-refractivity contribution >= 4 is 17.6 Å². The van der Waals surface area contributed by atoms with Gasteiger partial charge in [-0.3, -0.25) is 0 Å². The van der Waals surface area contributed by atoms with E-state index in [0.717, 1.165) is 33.5 Å². The molecule has 1 N–H and O–H groups in total. The van der Waals surface area contributed by atoms with Crippen LogP contribution in [0.25, 0.3) is 22.5 Å². The lowest BCUT2D eigenvalue weighted by molar-refractivity contribution is 0.462. The van der Waals surface area contributed by atoms with E-state index < -0.39 is 0 Å². The zero-order chi connectivity index (χ0) is 19.5. The highest BCUT2D eigenvalue weighted by Gasteiger charge is 2.19. The first kappa shape index (κ1) is 19.0. The summed E-state index contributed by atoms with van der Waals surface area (Å²) >= 11 is 1.60. The standard InChI is InChI=1S/C22H25FN4S/c1-27-21(20(26-22(27)28-2)15-8-10-17(23)11-9-15)16-12-13-24-19(14-16)25-18-6-4-3-5-7-18/h8-14,18H,3-7H2,1-2H3,(H,24,25). The highest BCUT2D eigenvalue weighted by atomic mass is 32.2. The molecule has 4 rings (SSSR count). The highest BCUT2D eigenvalue weighted by Crippen LogP contribution is 2.35. The molecule has 6 heteroatoms. The Morgan fingerprint density at radius 1 is 1.07 bits per heavy atom. The maximum absolute atomic E-state index is 13.4. The molecule has 3 aromatic rings. The molecule has 1 aliphatic carbocycles. The van der Waals surface area contributed by atoms with Crippen molar-refractivity contribution in [1.82, 2.24) is 14.5 Å². The molecule has 0 unspecified atom stereocenters. The second kappa shape index (κ2) is 8.35. The van der Waals surface area contributed by atoms with E-state index in [1.165, 1.54) is 44.2 Å². The Balaban J connectivity index is 1.72. The number of hydrogen-bond acceptors (Lipinski definition) is 4. The van der Waals surface area contributed by atoms with Crippen LogP contribution in [0.5, 0.6) is 0 Å².